The topological polar surface area (TPSA) is 82.8 Å². The van der Waals surface area contributed by atoms with Crippen LogP contribution >= 0.6 is 27.5 Å². The maximum atomic E-state index is 9.47. The molecule has 7 heteroatoms. The van der Waals surface area contributed by atoms with Crippen molar-refractivity contribution in [2.75, 3.05) is 13.2 Å². The fraction of sp³-hybridized carbons (Fsp3) is 0.375. The molecule has 0 unspecified atom stereocenters. The van der Waals surface area contributed by atoms with Crippen LogP contribution in [-0.2, 0) is 0 Å². The molecule has 84 valence electrons. The number of nitrogens with zero attached hydrogens (tertiary/aromatic N) is 1. The average molecular weight is 299 g/mol. The van der Waals surface area contributed by atoms with Gasteiger partial charge < -0.3 is 20.1 Å². The van der Waals surface area contributed by atoms with E-state index in [1.54, 1.807) is 0 Å². The van der Waals surface area contributed by atoms with Crippen molar-refractivity contribution in [1.82, 2.24) is 4.98 Å². The van der Waals surface area contributed by atoms with Gasteiger partial charge in [0.2, 0.25) is 0 Å². The van der Waals surface area contributed by atoms with Gasteiger partial charge in [0.05, 0.1) is 11.1 Å². The molecule has 1 rings (SSSR count). The van der Waals surface area contributed by atoms with E-state index in [1.807, 2.05) is 0 Å². The number of aromatic nitrogens is 1. The van der Waals surface area contributed by atoms with Crippen molar-refractivity contribution < 1.29 is 20.1 Å². The minimum absolute atomic E-state index is 0.0955. The number of pyridine rings is 1. The zero-order valence-electron chi connectivity index (χ0n) is 7.52. The summed E-state index contributed by atoms with van der Waals surface area (Å²) in [5.74, 6) is -0.300. The Labute approximate surface area is 99.4 Å². The number of ether oxygens (including phenoxy) is 1. The quantitative estimate of drug-likeness (QED) is 0.721. The second-order valence-electron chi connectivity index (χ2n) is 2.73. The molecule has 0 aromatic carbocycles. The van der Waals surface area contributed by atoms with Gasteiger partial charge >= 0.3 is 0 Å². The normalized spacial score (nSPS) is 12.5. The van der Waals surface area contributed by atoms with Gasteiger partial charge in [-0.25, -0.2) is 0 Å². The highest BCUT2D eigenvalue weighted by molar-refractivity contribution is 9.10. The Bertz CT molecular complexity index is 350. The van der Waals surface area contributed by atoms with Crippen LogP contribution in [-0.4, -0.2) is 39.6 Å². The molecule has 0 saturated heterocycles. The highest BCUT2D eigenvalue weighted by atomic mass is 79.9. The summed E-state index contributed by atoms with van der Waals surface area (Å²) in [5, 5.41) is 27.2. The van der Waals surface area contributed by atoms with Crippen LogP contribution < -0.4 is 4.74 Å². The Morgan fingerprint density at radius 3 is 2.87 bits per heavy atom. The molecular formula is C8H9BrClNO4. The van der Waals surface area contributed by atoms with E-state index in [9.17, 15) is 5.11 Å². The molecular weight excluding hydrogens is 289 g/mol. The van der Waals surface area contributed by atoms with Crippen molar-refractivity contribution in [2.24, 2.45) is 0 Å². The number of halogens is 2. The molecule has 1 heterocycles. The van der Waals surface area contributed by atoms with Crippen LogP contribution in [0.15, 0.2) is 10.5 Å². The van der Waals surface area contributed by atoms with E-state index >= 15 is 0 Å². The lowest BCUT2D eigenvalue weighted by atomic mass is 10.4. The Morgan fingerprint density at radius 1 is 1.60 bits per heavy atom. The molecule has 5 nitrogen and oxygen atoms in total. The number of aliphatic hydroxyl groups excluding tert-OH is 2. The van der Waals surface area contributed by atoms with Crippen molar-refractivity contribution in [2.45, 2.75) is 6.10 Å². The number of hydrogen-bond donors (Lipinski definition) is 3. The fourth-order valence-electron chi connectivity index (χ4n) is 0.786. The molecule has 0 radical (unpaired) electrons. The Morgan fingerprint density at radius 2 is 2.27 bits per heavy atom. The summed E-state index contributed by atoms with van der Waals surface area (Å²) >= 11 is 8.68. The summed E-state index contributed by atoms with van der Waals surface area (Å²) < 4.78 is 5.31. The number of rotatable bonds is 4. The largest absolute Gasteiger partial charge is 0.502 e. The van der Waals surface area contributed by atoms with E-state index in [0.717, 1.165) is 0 Å². The first-order valence-electron chi connectivity index (χ1n) is 4.01. The SMILES string of the molecule is OC[C@@H](O)COc1nc(Cl)cc(Br)c1O. The summed E-state index contributed by atoms with van der Waals surface area (Å²) in [5.41, 5.74) is 0. The van der Waals surface area contributed by atoms with Crippen LogP contribution in [0.25, 0.3) is 0 Å². The van der Waals surface area contributed by atoms with Gasteiger partial charge in [-0.2, -0.15) is 4.98 Å². The average Bonchev–Trinajstić information content (AvgIpc) is 2.20. The summed E-state index contributed by atoms with van der Waals surface area (Å²) in [7, 11) is 0. The Hall–Kier alpha value is -0.560. The third-order valence-electron chi connectivity index (χ3n) is 1.51. The number of aliphatic hydroxyl groups is 2. The predicted molar refractivity (Wildman–Crippen MR) is 57.2 cm³/mol. The fourth-order valence-corrected chi connectivity index (χ4v) is 1.49. The van der Waals surface area contributed by atoms with Crippen LogP contribution in [0.2, 0.25) is 5.15 Å². The third-order valence-corrected chi connectivity index (χ3v) is 2.30. The van der Waals surface area contributed by atoms with E-state index in [4.69, 9.17) is 26.6 Å². The Kier molecular flexibility index (Phi) is 4.59. The summed E-state index contributed by atoms with van der Waals surface area (Å²) in [6.45, 7) is -0.605. The summed E-state index contributed by atoms with van der Waals surface area (Å²) in [6, 6.07) is 1.41. The van der Waals surface area contributed by atoms with E-state index in [-0.39, 0.29) is 23.4 Å². The maximum absolute atomic E-state index is 9.47. The van der Waals surface area contributed by atoms with Crippen molar-refractivity contribution in [3.8, 4) is 11.6 Å². The zero-order valence-corrected chi connectivity index (χ0v) is 9.86. The second-order valence-corrected chi connectivity index (χ2v) is 3.97. The van der Waals surface area contributed by atoms with Gasteiger partial charge in [-0.05, 0) is 22.0 Å². The first kappa shape index (κ1) is 12.5. The molecule has 0 aliphatic heterocycles. The molecule has 0 spiro atoms. The van der Waals surface area contributed by atoms with Gasteiger partial charge in [-0.3, -0.25) is 0 Å². The first-order valence-corrected chi connectivity index (χ1v) is 5.18. The highest BCUT2D eigenvalue weighted by Crippen LogP contribution is 2.34. The van der Waals surface area contributed by atoms with Crippen LogP contribution in [0.3, 0.4) is 0 Å². The van der Waals surface area contributed by atoms with Crippen LogP contribution in [0.4, 0.5) is 0 Å². The minimum atomic E-state index is -1.02. The Balaban J connectivity index is 2.76. The predicted octanol–water partition coefficient (Wildman–Crippen LogP) is 0.935. The lowest BCUT2D eigenvalue weighted by molar-refractivity contribution is 0.0511. The molecule has 1 atom stereocenters. The van der Waals surface area contributed by atoms with Gasteiger partial charge in [0, 0.05) is 0 Å². The standard InChI is InChI=1S/C8H9BrClNO4/c9-5-1-6(10)11-8(7(5)14)15-3-4(13)2-12/h1,4,12-14H,2-3H2/t4-/m1/s1. The number of aromatic hydroxyl groups is 1. The monoisotopic (exact) mass is 297 g/mol. The van der Waals surface area contributed by atoms with Crippen molar-refractivity contribution in [3.63, 3.8) is 0 Å². The van der Waals surface area contributed by atoms with Crippen LogP contribution in [0.5, 0.6) is 11.6 Å². The third kappa shape index (κ3) is 3.49. The summed E-state index contributed by atoms with van der Waals surface area (Å²) in [4.78, 5) is 3.71. The van der Waals surface area contributed by atoms with Crippen molar-refractivity contribution in [1.29, 1.82) is 0 Å². The van der Waals surface area contributed by atoms with E-state index < -0.39 is 12.7 Å². The lowest BCUT2D eigenvalue weighted by Gasteiger charge is -2.10. The molecule has 0 aliphatic rings. The van der Waals surface area contributed by atoms with Crippen LogP contribution in [0, 0.1) is 0 Å². The number of hydrogen-bond acceptors (Lipinski definition) is 5. The second kappa shape index (κ2) is 5.50. The first-order chi connectivity index (χ1) is 7.04. The molecule has 0 bridgehead atoms. The molecule has 0 saturated carbocycles. The van der Waals surface area contributed by atoms with Gasteiger partial charge in [0.25, 0.3) is 5.88 Å². The molecule has 1 aromatic rings. The molecule has 1 aromatic heterocycles. The minimum Gasteiger partial charge on any atom is -0.502 e. The van der Waals surface area contributed by atoms with E-state index in [2.05, 4.69) is 20.9 Å². The maximum Gasteiger partial charge on any atom is 0.259 e. The van der Waals surface area contributed by atoms with Gasteiger partial charge in [0.15, 0.2) is 5.75 Å². The van der Waals surface area contributed by atoms with Crippen molar-refractivity contribution in [3.05, 3.63) is 15.7 Å². The summed E-state index contributed by atoms with van der Waals surface area (Å²) in [6.07, 6.45) is -1.02. The van der Waals surface area contributed by atoms with Gasteiger partial charge in [-0.15, -0.1) is 0 Å². The van der Waals surface area contributed by atoms with Crippen LogP contribution in [0.1, 0.15) is 0 Å². The molecule has 3 N–H and O–H groups in total. The lowest BCUT2D eigenvalue weighted by Crippen LogP contribution is -2.21. The van der Waals surface area contributed by atoms with Gasteiger partial charge in [-0.1, -0.05) is 11.6 Å². The molecule has 15 heavy (non-hydrogen) atoms. The molecule has 0 amide bonds. The van der Waals surface area contributed by atoms with E-state index in [1.165, 1.54) is 6.07 Å². The highest BCUT2D eigenvalue weighted by Gasteiger charge is 2.12. The molecule has 0 aliphatic carbocycles. The molecule has 0 fully saturated rings. The van der Waals surface area contributed by atoms with Gasteiger partial charge in [0.1, 0.15) is 17.9 Å². The van der Waals surface area contributed by atoms with Crippen molar-refractivity contribution >= 4 is 27.5 Å². The van der Waals surface area contributed by atoms with E-state index in [0.29, 0.717) is 4.47 Å². The smallest absolute Gasteiger partial charge is 0.259 e. The zero-order chi connectivity index (χ0) is 11.4.